The summed E-state index contributed by atoms with van der Waals surface area (Å²) in [5.74, 6) is -0.988. The van der Waals surface area contributed by atoms with E-state index in [1.165, 1.54) is 23.1 Å². The summed E-state index contributed by atoms with van der Waals surface area (Å²) in [6.07, 6.45) is -3.62. The van der Waals surface area contributed by atoms with Crippen molar-refractivity contribution in [1.29, 1.82) is 0 Å². The van der Waals surface area contributed by atoms with E-state index in [9.17, 15) is 30.8 Å². The second-order valence-corrected chi connectivity index (χ2v) is 10.7. The monoisotopic (exact) mass is 536 g/mol. The first-order chi connectivity index (χ1) is 17.3. The third-order valence-electron chi connectivity index (χ3n) is 6.21. The number of fused-ring (bicyclic) bond motifs is 1. The lowest BCUT2D eigenvalue weighted by Gasteiger charge is -2.22. The first kappa shape index (κ1) is 26.5. The van der Waals surface area contributed by atoms with E-state index >= 15 is 0 Å². The smallest absolute Gasteiger partial charge is 0.418 e. The zero-order valence-electron chi connectivity index (χ0n) is 20.0. The highest BCUT2D eigenvalue weighted by molar-refractivity contribution is 7.90. The molecule has 0 spiro atoms. The molecule has 1 amide bonds. The van der Waals surface area contributed by atoms with Gasteiger partial charge >= 0.3 is 6.18 Å². The van der Waals surface area contributed by atoms with Crippen LogP contribution < -0.4 is 10.5 Å². The predicted molar refractivity (Wildman–Crippen MR) is 130 cm³/mol. The Morgan fingerprint density at radius 1 is 1.08 bits per heavy atom. The first-order valence-corrected chi connectivity index (χ1v) is 13.2. The van der Waals surface area contributed by atoms with Gasteiger partial charge in [0.1, 0.15) is 23.1 Å². The van der Waals surface area contributed by atoms with Gasteiger partial charge in [0.15, 0.2) is 9.84 Å². The number of amides is 1. The number of nitrogen functional groups attached to an aromatic ring is 1. The molecule has 196 valence electrons. The third kappa shape index (κ3) is 5.27. The van der Waals surface area contributed by atoms with Crippen LogP contribution >= 0.6 is 0 Å². The van der Waals surface area contributed by atoms with E-state index < -0.39 is 38.2 Å². The maximum atomic E-state index is 15.0. The molecule has 0 saturated carbocycles. The predicted octanol–water partition coefficient (Wildman–Crippen LogP) is 5.09. The minimum Gasteiger partial charge on any atom is -0.491 e. The summed E-state index contributed by atoms with van der Waals surface area (Å²) in [6.45, 7) is 1.99. The van der Waals surface area contributed by atoms with Gasteiger partial charge in [0.05, 0.1) is 12.1 Å². The first-order valence-electron chi connectivity index (χ1n) is 11.3. The summed E-state index contributed by atoms with van der Waals surface area (Å²) < 4.78 is 84.6. The van der Waals surface area contributed by atoms with Crippen LogP contribution in [0.3, 0.4) is 0 Å². The van der Waals surface area contributed by atoms with Gasteiger partial charge in [-0.05, 0) is 53.9 Å². The average Bonchev–Trinajstić information content (AvgIpc) is 3.04. The van der Waals surface area contributed by atoms with Crippen LogP contribution in [0.5, 0.6) is 5.75 Å². The van der Waals surface area contributed by atoms with E-state index in [0.29, 0.717) is 16.9 Å². The molecular weight excluding hydrogens is 512 g/mol. The zero-order valence-corrected chi connectivity index (χ0v) is 20.8. The minimum atomic E-state index is -4.61. The molecule has 0 fully saturated rings. The van der Waals surface area contributed by atoms with Crippen LogP contribution in [-0.4, -0.2) is 38.6 Å². The Morgan fingerprint density at radius 2 is 1.76 bits per heavy atom. The Bertz CT molecular complexity index is 1490. The average molecular weight is 537 g/mol. The van der Waals surface area contributed by atoms with Crippen LogP contribution in [0.4, 0.5) is 23.2 Å². The van der Waals surface area contributed by atoms with Crippen LogP contribution in [-0.2, 0) is 29.0 Å². The second-order valence-electron chi connectivity index (χ2n) is 8.73. The third-order valence-corrected chi connectivity index (χ3v) is 7.33. The van der Waals surface area contributed by atoms with Crippen LogP contribution in [0.25, 0.3) is 11.1 Å². The van der Waals surface area contributed by atoms with Gasteiger partial charge in [0, 0.05) is 35.2 Å². The van der Waals surface area contributed by atoms with Crippen LogP contribution in [0.15, 0.2) is 53.4 Å². The van der Waals surface area contributed by atoms with Gasteiger partial charge in [-0.15, -0.1) is 0 Å². The van der Waals surface area contributed by atoms with Gasteiger partial charge in [-0.3, -0.25) is 4.79 Å². The molecule has 1 aliphatic rings. The highest BCUT2D eigenvalue weighted by Crippen LogP contribution is 2.37. The number of halogens is 4. The van der Waals surface area contributed by atoms with E-state index in [1.807, 2.05) is 0 Å². The van der Waals surface area contributed by atoms with E-state index in [2.05, 4.69) is 0 Å². The largest absolute Gasteiger partial charge is 0.491 e. The normalized spacial score (nSPS) is 14.1. The zero-order chi connectivity index (χ0) is 27.1. The molecule has 3 aromatic rings. The van der Waals surface area contributed by atoms with E-state index in [-0.39, 0.29) is 48.5 Å². The number of sulfone groups is 1. The Balaban J connectivity index is 1.70. The molecule has 4 rings (SSSR count). The molecule has 2 N–H and O–H groups in total. The van der Waals surface area contributed by atoms with Gasteiger partial charge in [-0.25, -0.2) is 12.8 Å². The summed E-state index contributed by atoms with van der Waals surface area (Å²) in [7, 11) is -3.82. The lowest BCUT2D eigenvalue weighted by atomic mass is 9.99. The quantitative estimate of drug-likeness (QED) is 0.371. The fourth-order valence-electron chi connectivity index (χ4n) is 4.33. The second kappa shape index (κ2) is 9.70. The summed E-state index contributed by atoms with van der Waals surface area (Å²) in [4.78, 5) is 14.4. The van der Waals surface area contributed by atoms with Crippen molar-refractivity contribution in [2.45, 2.75) is 31.0 Å². The number of nitrogens with two attached hydrogens (primary N) is 1. The van der Waals surface area contributed by atoms with Gasteiger partial charge in [0.2, 0.25) is 0 Å². The topological polar surface area (TPSA) is 89.7 Å². The molecule has 37 heavy (non-hydrogen) atoms. The molecule has 0 unspecified atom stereocenters. The summed E-state index contributed by atoms with van der Waals surface area (Å²) >= 11 is 0. The van der Waals surface area contributed by atoms with Gasteiger partial charge < -0.3 is 15.4 Å². The molecule has 0 radical (unpaired) electrons. The van der Waals surface area contributed by atoms with E-state index in [1.54, 1.807) is 25.1 Å². The van der Waals surface area contributed by atoms with Crippen LogP contribution in [0.1, 0.15) is 34.0 Å². The maximum Gasteiger partial charge on any atom is 0.418 e. The summed E-state index contributed by atoms with van der Waals surface area (Å²) in [6, 6.07) is 10.9. The van der Waals surface area contributed by atoms with Crippen molar-refractivity contribution in [3.8, 4) is 16.9 Å². The number of carbonyl (C=O) groups excluding carboxylic acids is 1. The molecule has 1 heterocycles. The molecule has 0 saturated heterocycles. The fourth-order valence-corrected chi connectivity index (χ4v) is 5.09. The Kier molecular flexibility index (Phi) is 6.93. The highest BCUT2D eigenvalue weighted by Gasteiger charge is 2.33. The Hall–Kier alpha value is -3.60. The summed E-state index contributed by atoms with van der Waals surface area (Å²) in [5, 5.41) is 0. The van der Waals surface area contributed by atoms with E-state index in [4.69, 9.17) is 10.5 Å². The lowest BCUT2D eigenvalue weighted by molar-refractivity contribution is -0.136. The number of nitrogens with zero attached hydrogens (tertiary/aromatic N) is 1. The number of ether oxygens (including phenoxy) is 1. The van der Waals surface area contributed by atoms with E-state index in [0.717, 1.165) is 18.4 Å². The number of hydrogen-bond acceptors (Lipinski definition) is 5. The standard InChI is InChI=1S/C26H24F4N2O4S/c1-3-18-19(6-9-23(24(18)27)37(2,34)35)25(33)32-10-11-36-22-8-5-15(12-17(22)14-32)16-4-7-21(31)20(13-16)26(28,29)30/h4-9,12-13H,3,10-11,14,31H2,1-2H3. The number of rotatable bonds is 4. The fraction of sp³-hybridized carbons (Fsp3) is 0.269. The number of alkyl halides is 3. The van der Waals surface area contributed by atoms with Crippen molar-refractivity contribution >= 4 is 21.4 Å². The van der Waals surface area contributed by atoms with Crippen molar-refractivity contribution < 1.29 is 35.5 Å². The van der Waals surface area contributed by atoms with Crippen molar-refractivity contribution in [3.63, 3.8) is 0 Å². The van der Waals surface area contributed by atoms with Crippen molar-refractivity contribution in [2.24, 2.45) is 0 Å². The number of carbonyl (C=O) groups is 1. The molecule has 3 aromatic carbocycles. The molecule has 0 aliphatic carbocycles. The summed E-state index contributed by atoms with van der Waals surface area (Å²) in [5.41, 5.74) is 5.54. The molecular formula is C26H24F4N2O4S. The molecule has 6 nitrogen and oxygen atoms in total. The molecule has 0 atom stereocenters. The number of benzene rings is 3. The van der Waals surface area contributed by atoms with Gasteiger partial charge in [0.25, 0.3) is 5.91 Å². The van der Waals surface area contributed by atoms with Gasteiger partial charge in [-0.2, -0.15) is 13.2 Å². The van der Waals surface area contributed by atoms with Crippen LogP contribution in [0, 0.1) is 5.82 Å². The number of anilines is 1. The van der Waals surface area contributed by atoms with Crippen LogP contribution in [0.2, 0.25) is 0 Å². The highest BCUT2D eigenvalue weighted by atomic mass is 32.2. The van der Waals surface area contributed by atoms with Crippen molar-refractivity contribution in [2.75, 3.05) is 25.1 Å². The Labute approximate surface area is 211 Å². The van der Waals surface area contributed by atoms with Gasteiger partial charge in [-0.1, -0.05) is 19.1 Å². The van der Waals surface area contributed by atoms with Crippen molar-refractivity contribution in [1.82, 2.24) is 4.90 Å². The number of hydrogen-bond donors (Lipinski definition) is 1. The molecule has 11 heteroatoms. The SMILES string of the molecule is CCc1c(C(=O)N2CCOc3ccc(-c4ccc(N)c(C(F)(F)F)c4)cc3C2)ccc(S(C)(=O)=O)c1F. The molecule has 0 aromatic heterocycles. The minimum absolute atomic E-state index is 0.00591. The molecule has 0 bridgehead atoms. The maximum absolute atomic E-state index is 15.0. The van der Waals surface area contributed by atoms with Crippen molar-refractivity contribution in [3.05, 3.63) is 76.6 Å². The molecule has 1 aliphatic heterocycles. The lowest BCUT2D eigenvalue weighted by Crippen LogP contribution is -2.33. The Morgan fingerprint density at radius 3 is 2.41 bits per heavy atom.